The molecule has 0 fully saturated rings. The van der Waals surface area contributed by atoms with Gasteiger partial charge in [0.05, 0.1) is 0 Å². The third-order valence-electron chi connectivity index (χ3n) is 1.06. The van der Waals surface area contributed by atoms with Crippen LogP contribution in [-0.2, 0) is 0 Å². The maximum Gasteiger partial charge on any atom is 0.285 e. The van der Waals surface area contributed by atoms with Crippen molar-refractivity contribution in [3.63, 3.8) is 0 Å². The molecule has 0 radical (unpaired) electrons. The Labute approximate surface area is 64.3 Å². The summed E-state index contributed by atoms with van der Waals surface area (Å²) in [5.74, 6) is 0.607. The molecule has 0 saturated heterocycles. The van der Waals surface area contributed by atoms with Crippen LogP contribution in [0.25, 0.3) is 0 Å². The molecule has 0 unspecified atom stereocenters. The van der Waals surface area contributed by atoms with Gasteiger partial charge < -0.3 is 9.15 Å². The summed E-state index contributed by atoms with van der Waals surface area (Å²) in [4.78, 5) is 10.1. The number of carbonyl (C=O) groups excluding carboxylic acids is 1. The van der Waals surface area contributed by atoms with Gasteiger partial charge in [0.1, 0.15) is 6.61 Å². The molecular formula is C8H8O3. The van der Waals surface area contributed by atoms with Crippen LogP contribution in [0.15, 0.2) is 29.2 Å². The Morgan fingerprint density at radius 1 is 1.64 bits per heavy atom. The van der Waals surface area contributed by atoms with Gasteiger partial charge in [-0.2, -0.15) is 0 Å². The molecule has 58 valence electrons. The van der Waals surface area contributed by atoms with E-state index >= 15 is 0 Å². The van der Waals surface area contributed by atoms with Gasteiger partial charge in [0.2, 0.25) is 0 Å². The van der Waals surface area contributed by atoms with Crippen molar-refractivity contribution in [1.82, 2.24) is 0 Å². The van der Waals surface area contributed by atoms with E-state index < -0.39 is 0 Å². The third kappa shape index (κ3) is 1.97. The molecule has 1 aromatic rings. The van der Waals surface area contributed by atoms with E-state index in [1.165, 1.54) is 0 Å². The van der Waals surface area contributed by atoms with Crippen LogP contribution in [0.4, 0.5) is 0 Å². The molecule has 0 aliphatic heterocycles. The second-order valence-electron chi connectivity index (χ2n) is 1.87. The van der Waals surface area contributed by atoms with Crippen LogP contribution >= 0.6 is 0 Å². The number of ether oxygens (including phenoxy) is 1. The van der Waals surface area contributed by atoms with Gasteiger partial charge in [-0.05, 0) is 6.07 Å². The quantitative estimate of drug-likeness (QED) is 0.486. The minimum Gasteiger partial charge on any atom is -0.461 e. The molecule has 11 heavy (non-hydrogen) atoms. The maximum absolute atomic E-state index is 10.1. The van der Waals surface area contributed by atoms with Gasteiger partial charge in [0, 0.05) is 6.07 Å². The van der Waals surface area contributed by atoms with Crippen LogP contribution in [0.5, 0.6) is 5.95 Å². The highest BCUT2D eigenvalue weighted by molar-refractivity contribution is 5.70. The van der Waals surface area contributed by atoms with Crippen molar-refractivity contribution < 1.29 is 13.9 Å². The SMILES string of the molecule is C=CCOc1ccc(C=O)o1. The van der Waals surface area contributed by atoms with Crippen LogP contribution < -0.4 is 4.74 Å². The van der Waals surface area contributed by atoms with E-state index in [0.29, 0.717) is 18.8 Å². The van der Waals surface area contributed by atoms with Gasteiger partial charge in [-0.25, -0.2) is 0 Å². The Kier molecular flexibility index (Phi) is 2.49. The van der Waals surface area contributed by atoms with Gasteiger partial charge in [-0.15, -0.1) is 0 Å². The second-order valence-corrected chi connectivity index (χ2v) is 1.87. The van der Waals surface area contributed by atoms with E-state index in [2.05, 4.69) is 6.58 Å². The zero-order chi connectivity index (χ0) is 8.10. The Morgan fingerprint density at radius 2 is 2.45 bits per heavy atom. The van der Waals surface area contributed by atoms with Crippen molar-refractivity contribution in [2.75, 3.05) is 6.61 Å². The minimum atomic E-state index is 0.268. The Bertz CT molecular complexity index is 250. The average Bonchev–Trinajstić information content (AvgIpc) is 2.48. The first-order chi connectivity index (χ1) is 5.36. The van der Waals surface area contributed by atoms with Gasteiger partial charge in [-0.1, -0.05) is 12.7 Å². The summed E-state index contributed by atoms with van der Waals surface area (Å²) >= 11 is 0. The zero-order valence-corrected chi connectivity index (χ0v) is 5.95. The molecule has 0 aliphatic carbocycles. The predicted molar refractivity (Wildman–Crippen MR) is 39.8 cm³/mol. The minimum absolute atomic E-state index is 0.268. The lowest BCUT2D eigenvalue weighted by atomic mass is 10.5. The smallest absolute Gasteiger partial charge is 0.285 e. The van der Waals surface area contributed by atoms with Crippen molar-refractivity contribution >= 4 is 6.29 Å². The van der Waals surface area contributed by atoms with Crippen molar-refractivity contribution in [2.45, 2.75) is 0 Å². The first-order valence-corrected chi connectivity index (χ1v) is 3.15. The van der Waals surface area contributed by atoms with Gasteiger partial charge in [0.25, 0.3) is 5.95 Å². The first kappa shape index (κ1) is 7.60. The number of hydrogen-bond acceptors (Lipinski definition) is 3. The maximum atomic E-state index is 10.1. The summed E-state index contributed by atoms with van der Waals surface area (Å²) in [5, 5.41) is 0. The fourth-order valence-electron chi connectivity index (χ4n) is 0.616. The summed E-state index contributed by atoms with van der Waals surface area (Å²) in [6.45, 7) is 3.85. The molecule has 0 aliphatic rings. The molecule has 0 bridgehead atoms. The molecule has 1 rings (SSSR count). The number of rotatable bonds is 4. The Hall–Kier alpha value is -1.51. The summed E-state index contributed by atoms with van der Waals surface area (Å²) in [7, 11) is 0. The van der Waals surface area contributed by atoms with Crippen LogP contribution in [0.1, 0.15) is 10.6 Å². The number of hydrogen-bond donors (Lipinski definition) is 0. The lowest BCUT2D eigenvalue weighted by Gasteiger charge is -1.94. The third-order valence-corrected chi connectivity index (χ3v) is 1.06. The van der Waals surface area contributed by atoms with E-state index in [1.807, 2.05) is 0 Å². The molecule has 1 aromatic heterocycles. The fraction of sp³-hybridized carbons (Fsp3) is 0.125. The van der Waals surface area contributed by atoms with Gasteiger partial charge in [-0.3, -0.25) is 4.79 Å². The number of aldehydes is 1. The van der Waals surface area contributed by atoms with Crippen molar-refractivity contribution in [3.05, 3.63) is 30.5 Å². The largest absolute Gasteiger partial charge is 0.461 e. The highest BCUT2D eigenvalue weighted by atomic mass is 16.6. The van der Waals surface area contributed by atoms with Gasteiger partial charge in [0.15, 0.2) is 12.0 Å². The predicted octanol–water partition coefficient (Wildman–Crippen LogP) is 1.66. The molecule has 0 saturated carbocycles. The number of carbonyl (C=O) groups is 1. The lowest BCUT2D eigenvalue weighted by Crippen LogP contribution is -1.89. The van der Waals surface area contributed by atoms with E-state index in [0.717, 1.165) is 0 Å². The first-order valence-electron chi connectivity index (χ1n) is 3.15. The summed E-state index contributed by atoms with van der Waals surface area (Å²) in [6, 6.07) is 3.14. The zero-order valence-electron chi connectivity index (χ0n) is 5.95. The molecular weight excluding hydrogens is 144 g/mol. The molecule has 1 heterocycles. The fourth-order valence-corrected chi connectivity index (χ4v) is 0.616. The van der Waals surface area contributed by atoms with Crippen molar-refractivity contribution in [2.24, 2.45) is 0 Å². The molecule has 3 heteroatoms. The topological polar surface area (TPSA) is 39.4 Å². The van der Waals surface area contributed by atoms with Crippen LogP contribution in [0.2, 0.25) is 0 Å². The molecule has 0 spiro atoms. The normalized spacial score (nSPS) is 9.09. The van der Waals surface area contributed by atoms with Crippen molar-refractivity contribution in [1.29, 1.82) is 0 Å². The lowest BCUT2D eigenvalue weighted by molar-refractivity contribution is 0.109. The average molecular weight is 152 g/mol. The highest BCUT2D eigenvalue weighted by Gasteiger charge is 1.98. The Balaban J connectivity index is 2.57. The number of furan rings is 1. The van der Waals surface area contributed by atoms with Crippen LogP contribution in [-0.4, -0.2) is 12.9 Å². The van der Waals surface area contributed by atoms with Crippen LogP contribution in [0.3, 0.4) is 0 Å². The summed E-state index contributed by atoms with van der Waals surface area (Å²) < 4.78 is 9.89. The van der Waals surface area contributed by atoms with Crippen LogP contribution in [0, 0.1) is 0 Å². The molecule has 0 aromatic carbocycles. The van der Waals surface area contributed by atoms with Crippen molar-refractivity contribution in [3.8, 4) is 5.95 Å². The summed E-state index contributed by atoms with van der Waals surface area (Å²) in [5.41, 5.74) is 0. The Morgan fingerprint density at radius 3 is 3.00 bits per heavy atom. The van der Waals surface area contributed by atoms with E-state index in [-0.39, 0.29) is 5.76 Å². The molecule has 0 N–H and O–H groups in total. The van der Waals surface area contributed by atoms with E-state index in [4.69, 9.17) is 9.15 Å². The summed E-state index contributed by atoms with van der Waals surface area (Å²) in [6.07, 6.45) is 2.23. The molecule has 3 nitrogen and oxygen atoms in total. The van der Waals surface area contributed by atoms with E-state index in [9.17, 15) is 4.79 Å². The van der Waals surface area contributed by atoms with Gasteiger partial charge >= 0.3 is 0 Å². The highest BCUT2D eigenvalue weighted by Crippen LogP contribution is 2.13. The second kappa shape index (κ2) is 3.61. The standard InChI is InChI=1S/C8H8O3/c1-2-5-10-8-4-3-7(6-9)11-8/h2-4,6H,1,5H2. The molecule has 0 amide bonds. The monoisotopic (exact) mass is 152 g/mol. The molecule has 0 atom stereocenters. The van der Waals surface area contributed by atoms with E-state index in [1.54, 1.807) is 18.2 Å².